The molecule has 0 aliphatic carbocycles. The van der Waals surface area contributed by atoms with Gasteiger partial charge in [-0.25, -0.2) is 9.78 Å². The Balaban J connectivity index is 2.62. The van der Waals surface area contributed by atoms with Crippen molar-refractivity contribution in [1.82, 2.24) is 4.98 Å². The van der Waals surface area contributed by atoms with E-state index in [2.05, 4.69) is 31.1 Å². The van der Waals surface area contributed by atoms with Gasteiger partial charge in [-0.2, -0.15) is 0 Å². The quantitative estimate of drug-likeness (QED) is 0.785. The third-order valence-corrected chi connectivity index (χ3v) is 3.76. The molecule has 5 heteroatoms. The predicted octanol–water partition coefficient (Wildman–Crippen LogP) is 3.32. The predicted molar refractivity (Wildman–Crippen MR) is 70.8 cm³/mol. The highest BCUT2D eigenvalue weighted by Crippen LogP contribution is 2.26. The van der Waals surface area contributed by atoms with Gasteiger partial charge in [-0.05, 0) is 12.3 Å². The molecule has 1 rings (SSSR count). The van der Waals surface area contributed by atoms with Crippen LogP contribution in [0.15, 0.2) is 6.20 Å². The van der Waals surface area contributed by atoms with Crippen molar-refractivity contribution in [1.29, 1.82) is 0 Å². The molecule has 0 amide bonds. The number of hydrogen-bond acceptors (Lipinski definition) is 4. The molecular formula is C12H20N2O2S. The molecule has 2 N–H and O–H groups in total. The number of aliphatic carboxylic acids is 1. The van der Waals surface area contributed by atoms with Gasteiger partial charge in [-0.15, -0.1) is 11.3 Å². The van der Waals surface area contributed by atoms with Crippen LogP contribution in [0.25, 0.3) is 0 Å². The minimum atomic E-state index is -0.806. The summed E-state index contributed by atoms with van der Waals surface area (Å²) in [5.74, 6) is -0.373. The summed E-state index contributed by atoms with van der Waals surface area (Å²) >= 11 is 1.53. The molecule has 0 spiro atoms. The third kappa shape index (κ3) is 4.34. The van der Waals surface area contributed by atoms with Crippen LogP contribution in [0.3, 0.4) is 0 Å². The lowest BCUT2D eigenvalue weighted by molar-refractivity contribution is -0.138. The van der Waals surface area contributed by atoms with Gasteiger partial charge >= 0.3 is 5.97 Å². The summed E-state index contributed by atoms with van der Waals surface area (Å²) in [6.45, 7) is 6.26. The zero-order chi connectivity index (χ0) is 12.8. The SMILES string of the molecule is CCCC[C@H](Nc1ncc(C(C)C)s1)C(=O)O. The summed E-state index contributed by atoms with van der Waals surface area (Å²) in [7, 11) is 0. The second kappa shape index (κ2) is 6.59. The van der Waals surface area contributed by atoms with Gasteiger partial charge in [0, 0.05) is 11.1 Å². The molecule has 1 heterocycles. The van der Waals surface area contributed by atoms with E-state index in [9.17, 15) is 4.79 Å². The molecule has 0 radical (unpaired) electrons. The monoisotopic (exact) mass is 256 g/mol. The van der Waals surface area contributed by atoms with E-state index in [1.54, 1.807) is 0 Å². The highest BCUT2D eigenvalue weighted by molar-refractivity contribution is 7.15. The van der Waals surface area contributed by atoms with Gasteiger partial charge in [-0.1, -0.05) is 33.6 Å². The van der Waals surface area contributed by atoms with E-state index in [0.29, 0.717) is 17.5 Å². The zero-order valence-electron chi connectivity index (χ0n) is 10.6. The van der Waals surface area contributed by atoms with Crippen LogP contribution in [0.2, 0.25) is 0 Å². The molecule has 0 aliphatic rings. The van der Waals surface area contributed by atoms with Crippen LogP contribution in [0, 0.1) is 0 Å². The van der Waals surface area contributed by atoms with Crippen molar-refractivity contribution < 1.29 is 9.90 Å². The standard InChI is InChI=1S/C12H20N2O2S/c1-4-5-6-9(11(15)16)14-12-13-7-10(17-12)8(2)3/h7-9H,4-6H2,1-3H3,(H,13,14)(H,15,16)/t9-/m0/s1. The molecule has 96 valence electrons. The lowest BCUT2D eigenvalue weighted by Crippen LogP contribution is -2.28. The molecule has 0 saturated carbocycles. The van der Waals surface area contributed by atoms with E-state index in [1.807, 2.05) is 6.20 Å². The van der Waals surface area contributed by atoms with Gasteiger partial charge in [0.25, 0.3) is 0 Å². The zero-order valence-corrected chi connectivity index (χ0v) is 11.4. The van der Waals surface area contributed by atoms with Crippen molar-refractivity contribution in [2.75, 3.05) is 5.32 Å². The summed E-state index contributed by atoms with van der Waals surface area (Å²) in [4.78, 5) is 16.4. The third-order valence-electron chi connectivity index (χ3n) is 2.53. The lowest BCUT2D eigenvalue weighted by Gasteiger charge is -2.12. The number of nitrogens with one attached hydrogen (secondary N) is 1. The van der Waals surface area contributed by atoms with E-state index in [0.717, 1.165) is 12.8 Å². The van der Waals surface area contributed by atoms with Gasteiger partial charge in [-0.3, -0.25) is 0 Å². The number of carboxylic acid groups (broad SMARTS) is 1. The highest BCUT2D eigenvalue weighted by atomic mass is 32.1. The second-order valence-corrected chi connectivity index (χ2v) is 5.46. The van der Waals surface area contributed by atoms with Crippen molar-refractivity contribution in [2.24, 2.45) is 0 Å². The second-order valence-electron chi connectivity index (χ2n) is 4.40. The largest absolute Gasteiger partial charge is 0.480 e. The van der Waals surface area contributed by atoms with Crippen LogP contribution < -0.4 is 5.32 Å². The van der Waals surface area contributed by atoms with E-state index >= 15 is 0 Å². The van der Waals surface area contributed by atoms with E-state index in [1.165, 1.54) is 16.2 Å². The van der Waals surface area contributed by atoms with Crippen molar-refractivity contribution in [3.05, 3.63) is 11.1 Å². The fourth-order valence-electron chi connectivity index (χ4n) is 1.43. The molecule has 4 nitrogen and oxygen atoms in total. The van der Waals surface area contributed by atoms with Crippen LogP contribution in [0.1, 0.15) is 50.8 Å². The molecule has 1 atom stereocenters. The molecule has 1 aromatic heterocycles. The number of thiazole rings is 1. The van der Waals surface area contributed by atoms with Crippen LogP contribution in [-0.2, 0) is 4.79 Å². The average Bonchev–Trinajstić information content (AvgIpc) is 2.72. The van der Waals surface area contributed by atoms with E-state index in [-0.39, 0.29) is 0 Å². The molecule has 17 heavy (non-hydrogen) atoms. The summed E-state index contributed by atoms with van der Waals surface area (Å²) in [5, 5.41) is 12.8. The maximum absolute atomic E-state index is 11.1. The van der Waals surface area contributed by atoms with E-state index < -0.39 is 12.0 Å². The fraction of sp³-hybridized carbons (Fsp3) is 0.667. The van der Waals surface area contributed by atoms with Crippen molar-refractivity contribution in [3.8, 4) is 0 Å². The van der Waals surface area contributed by atoms with Crippen LogP contribution in [0.4, 0.5) is 5.13 Å². The summed E-state index contributed by atoms with van der Waals surface area (Å²) < 4.78 is 0. The topological polar surface area (TPSA) is 62.2 Å². The van der Waals surface area contributed by atoms with E-state index in [4.69, 9.17) is 5.11 Å². The summed E-state index contributed by atoms with van der Waals surface area (Å²) in [6.07, 6.45) is 4.37. The van der Waals surface area contributed by atoms with Gasteiger partial charge in [0.05, 0.1) is 0 Å². The summed E-state index contributed by atoms with van der Waals surface area (Å²) in [5.41, 5.74) is 0. The Bertz CT molecular complexity index is 363. The van der Waals surface area contributed by atoms with Crippen LogP contribution >= 0.6 is 11.3 Å². The van der Waals surface area contributed by atoms with Crippen molar-refractivity contribution in [2.45, 2.75) is 52.0 Å². The minimum absolute atomic E-state index is 0.432. The van der Waals surface area contributed by atoms with Crippen LogP contribution in [-0.4, -0.2) is 22.1 Å². The molecule has 1 aromatic rings. The number of aromatic nitrogens is 1. The minimum Gasteiger partial charge on any atom is -0.480 e. The Morgan fingerprint density at radius 1 is 1.59 bits per heavy atom. The van der Waals surface area contributed by atoms with Gasteiger partial charge in [0.2, 0.25) is 0 Å². The number of nitrogens with zero attached hydrogens (tertiary/aromatic N) is 1. The number of rotatable bonds is 7. The molecule has 0 saturated heterocycles. The number of hydrogen-bond donors (Lipinski definition) is 2. The normalized spacial score (nSPS) is 12.7. The maximum Gasteiger partial charge on any atom is 0.326 e. The molecule has 0 aliphatic heterocycles. The highest BCUT2D eigenvalue weighted by Gasteiger charge is 2.18. The van der Waals surface area contributed by atoms with Crippen LogP contribution in [0.5, 0.6) is 0 Å². The van der Waals surface area contributed by atoms with Gasteiger partial charge in [0.15, 0.2) is 5.13 Å². The van der Waals surface area contributed by atoms with Gasteiger partial charge < -0.3 is 10.4 Å². The first-order valence-electron chi connectivity index (χ1n) is 5.99. The first-order valence-corrected chi connectivity index (χ1v) is 6.81. The molecule has 0 fully saturated rings. The van der Waals surface area contributed by atoms with Gasteiger partial charge in [0.1, 0.15) is 6.04 Å². The number of unbranched alkanes of at least 4 members (excludes halogenated alkanes) is 1. The van der Waals surface area contributed by atoms with Crippen molar-refractivity contribution >= 4 is 22.4 Å². The Labute approximate surface area is 106 Å². The van der Waals surface area contributed by atoms with Crippen molar-refractivity contribution in [3.63, 3.8) is 0 Å². The molecule has 0 unspecified atom stereocenters. The molecular weight excluding hydrogens is 236 g/mol. The first kappa shape index (κ1) is 14.0. The fourth-order valence-corrected chi connectivity index (χ4v) is 2.31. The number of carboxylic acids is 1. The first-order chi connectivity index (χ1) is 8.04. The maximum atomic E-state index is 11.1. The Morgan fingerprint density at radius 3 is 2.76 bits per heavy atom. The Hall–Kier alpha value is -1.10. The summed E-state index contributed by atoms with van der Waals surface area (Å²) in [6, 6.07) is -0.527. The number of anilines is 1. The number of carbonyl (C=O) groups is 1. The Kier molecular flexibility index (Phi) is 5.41. The molecule has 0 aromatic carbocycles. The average molecular weight is 256 g/mol. The Morgan fingerprint density at radius 2 is 2.29 bits per heavy atom. The lowest BCUT2D eigenvalue weighted by atomic mass is 10.1. The smallest absolute Gasteiger partial charge is 0.326 e. The molecule has 0 bridgehead atoms.